The number of hydrogen-bond donors (Lipinski definition) is 1. The summed E-state index contributed by atoms with van der Waals surface area (Å²) in [6.07, 6.45) is 3.66. The lowest BCUT2D eigenvalue weighted by atomic mass is 9.91. The van der Waals surface area contributed by atoms with E-state index in [0.717, 1.165) is 19.6 Å². The highest BCUT2D eigenvalue weighted by atomic mass is 16.5. The van der Waals surface area contributed by atoms with Gasteiger partial charge in [0.05, 0.1) is 12.7 Å². The fourth-order valence-corrected chi connectivity index (χ4v) is 2.69. The topological polar surface area (TPSA) is 21.3 Å². The van der Waals surface area contributed by atoms with Gasteiger partial charge in [-0.25, -0.2) is 0 Å². The molecule has 94 valence electrons. The maximum Gasteiger partial charge on any atom is 0.0980 e. The summed E-state index contributed by atoms with van der Waals surface area (Å²) in [7, 11) is 0. The van der Waals surface area contributed by atoms with Crippen LogP contribution in [0.4, 0.5) is 0 Å². The van der Waals surface area contributed by atoms with Crippen molar-refractivity contribution in [1.82, 2.24) is 5.32 Å². The lowest BCUT2D eigenvalue weighted by molar-refractivity contribution is 0.0135. The van der Waals surface area contributed by atoms with E-state index in [1.165, 1.54) is 24.0 Å². The molecule has 0 fully saturated rings. The van der Waals surface area contributed by atoms with Crippen LogP contribution in [0.5, 0.6) is 0 Å². The molecule has 1 N–H and O–H groups in total. The molecule has 0 radical (unpaired) electrons. The molecule has 2 rings (SSSR count). The van der Waals surface area contributed by atoms with Crippen LogP contribution in [-0.2, 0) is 11.2 Å². The standard InChI is InChI=1S/C15H23NO/c1-3-7-14(16-4-2)15-13-9-6-5-8-12(13)10-11-17-15/h5-6,8-9,14-16H,3-4,7,10-11H2,1-2H3. The highest BCUT2D eigenvalue weighted by Gasteiger charge is 2.27. The van der Waals surface area contributed by atoms with E-state index in [9.17, 15) is 0 Å². The molecule has 1 aromatic rings. The van der Waals surface area contributed by atoms with Crippen LogP contribution >= 0.6 is 0 Å². The molecule has 1 aliphatic rings. The predicted molar refractivity (Wildman–Crippen MR) is 71.2 cm³/mol. The number of fused-ring (bicyclic) bond motifs is 1. The summed E-state index contributed by atoms with van der Waals surface area (Å²) in [6, 6.07) is 9.16. The van der Waals surface area contributed by atoms with E-state index in [0.29, 0.717) is 6.04 Å². The second kappa shape index (κ2) is 6.18. The number of benzene rings is 1. The van der Waals surface area contributed by atoms with Gasteiger partial charge in [0.2, 0.25) is 0 Å². The van der Waals surface area contributed by atoms with Gasteiger partial charge in [0.1, 0.15) is 0 Å². The van der Waals surface area contributed by atoms with Crippen LogP contribution in [0.15, 0.2) is 24.3 Å². The molecule has 0 saturated carbocycles. The third-order valence-corrected chi connectivity index (χ3v) is 3.46. The summed E-state index contributed by atoms with van der Waals surface area (Å²) in [6.45, 7) is 6.26. The largest absolute Gasteiger partial charge is 0.372 e. The third kappa shape index (κ3) is 2.88. The summed E-state index contributed by atoms with van der Waals surface area (Å²) in [4.78, 5) is 0. The number of likely N-dealkylation sites (N-methyl/N-ethyl adjacent to an activating group) is 1. The molecule has 0 saturated heterocycles. The third-order valence-electron chi connectivity index (χ3n) is 3.46. The van der Waals surface area contributed by atoms with Crippen LogP contribution in [0.3, 0.4) is 0 Å². The fraction of sp³-hybridized carbons (Fsp3) is 0.600. The highest BCUT2D eigenvalue weighted by Crippen LogP contribution is 2.31. The molecule has 0 amide bonds. The van der Waals surface area contributed by atoms with Crippen molar-refractivity contribution in [3.63, 3.8) is 0 Å². The van der Waals surface area contributed by atoms with Crippen molar-refractivity contribution in [2.75, 3.05) is 13.2 Å². The fourth-order valence-electron chi connectivity index (χ4n) is 2.69. The Morgan fingerprint density at radius 1 is 1.35 bits per heavy atom. The zero-order valence-corrected chi connectivity index (χ0v) is 10.9. The molecule has 0 bridgehead atoms. The summed E-state index contributed by atoms with van der Waals surface area (Å²) < 4.78 is 6.01. The zero-order chi connectivity index (χ0) is 12.1. The Labute approximate surface area is 104 Å². The Morgan fingerprint density at radius 2 is 2.18 bits per heavy atom. The second-order valence-electron chi connectivity index (χ2n) is 4.69. The highest BCUT2D eigenvalue weighted by molar-refractivity contribution is 5.31. The van der Waals surface area contributed by atoms with Crippen molar-refractivity contribution in [2.45, 2.75) is 45.3 Å². The van der Waals surface area contributed by atoms with E-state index >= 15 is 0 Å². The van der Waals surface area contributed by atoms with E-state index in [2.05, 4.69) is 43.4 Å². The molecule has 2 heteroatoms. The van der Waals surface area contributed by atoms with Gasteiger partial charge < -0.3 is 10.1 Å². The second-order valence-corrected chi connectivity index (χ2v) is 4.69. The molecule has 1 aliphatic heterocycles. The van der Waals surface area contributed by atoms with Crippen LogP contribution in [0.25, 0.3) is 0 Å². The van der Waals surface area contributed by atoms with E-state index in [1.54, 1.807) is 0 Å². The number of nitrogens with one attached hydrogen (secondary N) is 1. The molecule has 17 heavy (non-hydrogen) atoms. The monoisotopic (exact) mass is 233 g/mol. The van der Waals surface area contributed by atoms with Crippen molar-refractivity contribution in [1.29, 1.82) is 0 Å². The first-order valence-electron chi connectivity index (χ1n) is 6.79. The first kappa shape index (κ1) is 12.6. The average molecular weight is 233 g/mol. The SMILES string of the molecule is CCCC(NCC)C1OCCc2ccccc21. The minimum absolute atomic E-state index is 0.236. The minimum atomic E-state index is 0.236. The van der Waals surface area contributed by atoms with Gasteiger partial charge in [0.25, 0.3) is 0 Å². The Bertz CT molecular complexity index is 345. The molecule has 0 aromatic heterocycles. The van der Waals surface area contributed by atoms with Gasteiger partial charge in [-0.05, 0) is 30.5 Å². The smallest absolute Gasteiger partial charge is 0.0980 e. The van der Waals surface area contributed by atoms with Gasteiger partial charge in [-0.15, -0.1) is 0 Å². The number of rotatable bonds is 5. The molecule has 1 aromatic carbocycles. The van der Waals surface area contributed by atoms with E-state index < -0.39 is 0 Å². The minimum Gasteiger partial charge on any atom is -0.372 e. The lowest BCUT2D eigenvalue weighted by Gasteiger charge is -2.33. The quantitative estimate of drug-likeness (QED) is 0.844. The number of ether oxygens (including phenoxy) is 1. The Kier molecular flexibility index (Phi) is 4.57. The molecule has 0 aliphatic carbocycles. The summed E-state index contributed by atoms with van der Waals surface area (Å²) in [5.41, 5.74) is 2.85. The maximum absolute atomic E-state index is 6.01. The maximum atomic E-state index is 6.01. The van der Waals surface area contributed by atoms with Crippen molar-refractivity contribution >= 4 is 0 Å². The van der Waals surface area contributed by atoms with Gasteiger partial charge in [-0.2, -0.15) is 0 Å². The summed E-state index contributed by atoms with van der Waals surface area (Å²) >= 11 is 0. The normalized spacial score (nSPS) is 20.9. The van der Waals surface area contributed by atoms with Crippen molar-refractivity contribution in [3.05, 3.63) is 35.4 Å². The Hall–Kier alpha value is -0.860. The van der Waals surface area contributed by atoms with Crippen LogP contribution in [-0.4, -0.2) is 19.2 Å². The molecule has 2 unspecified atom stereocenters. The van der Waals surface area contributed by atoms with E-state index in [-0.39, 0.29) is 6.10 Å². The first-order valence-corrected chi connectivity index (χ1v) is 6.79. The van der Waals surface area contributed by atoms with Crippen molar-refractivity contribution in [2.24, 2.45) is 0 Å². The molecule has 2 atom stereocenters. The van der Waals surface area contributed by atoms with E-state index in [4.69, 9.17) is 4.74 Å². The van der Waals surface area contributed by atoms with Crippen LogP contribution in [0.2, 0.25) is 0 Å². The summed E-state index contributed by atoms with van der Waals surface area (Å²) in [5.74, 6) is 0. The van der Waals surface area contributed by atoms with Gasteiger partial charge in [0, 0.05) is 6.04 Å². The Morgan fingerprint density at radius 3 is 2.94 bits per heavy atom. The zero-order valence-electron chi connectivity index (χ0n) is 10.9. The van der Waals surface area contributed by atoms with Gasteiger partial charge in [-0.1, -0.05) is 44.5 Å². The van der Waals surface area contributed by atoms with Crippen LogP contribution in [0, 0.1) is 0 Å². The van der Waals surface area contributed by atoms with Crippen LogP contribution < -0.4 is 5.32 Å². The van der Waals surface area contributed by atoms with Crippen molar-refractivity contribution < 1.29 is 4.74 Å². The van der Waals surface area contributed by atoms with Gasteiger partial charge >= 0.3 is 0 Å². The Balaban J connectivity index is 2.20. The lowest BCUT2D eigenvalue weighted by Crippen LogP contribution is -2.38. The summed E-state index contributed by atoms with van der Waals surface area (Å²) in [5, 5.41) is 3.57. The molecule has 0 spiro atoms. The van der Waals surface area contributed by atoms with Gasteiger partial charge in [-0.3, -0.25) is 0 Å². The predicted octanol–water partition coefficient (Wildman–Crippen LogP) is 3.08. The molecular formula is C15H23NO. The average Bonchev–Trinajstić information content (AvgIpc) is 2.38. The van der Waals surface area contributed by atoms with E-state index in [1.807, 2.05) is 0 Å². The molecular weight excluding hydrogens is 210 g/mol. The van der Waals surface area contributed by atoms with Crippen LogP contribution in [0.1, 0.15) is 43.9 Å². The van der Waals surface area contributed by atoms with Crippen molar-refractivity contribution in [3.8, 4) is 0 Å². The number of hydrogen-bond acceptors (Lipinski definition) is 2. The molecule has 1 heterocycles. The van der Waals surface area contributed by atoms with Gasteiger partial charge in [0.15, 0.2) is 0 Å². The first-order chi connectivity index (χ1) is 8.36. The molecule has 2 nitrogen and oxygen atoms in total.